The second kappa shape index (κ2) is 10.5. The van der Waals surface area contributed by atoms with Crippen molar-refractivity contribution in [1.82, 2.24) is 4.98 Å². The molecule has 1 heterocycles. The van der Waals surface area contributed by atoms with E-state index in [2.05, 4.69) is 28.2 Å². The van der Waals surface area contributed by atoms with Gasteiger partial charge in [0.05, 0.1) is 7.11 Å². The fourth-order valence-corrected chi connectivity index (χ4v) is 2.49. The number of aromatic nitrogens is 1. The summed E-state index contributed by atoms with van der Waals surface area (Å²) in [5.74, 6) is 1.05. The summed E-state index contributed by atoms with van der Waals surface area (Å²) in [7, 11) is 1.67. The van der Waals surface area contributed by atoms with Crippen LogP contribution in [-0.4, -0.2) is 30.1 Å². The molecule has 0 saturated carbocycles. The monoisotopic (exact) mass is 443 g/mol. The smallest absolute Gasteiger partial charge is 0.153 e. The zero-order chi connectivity index (χ0) is 15.8. The van der Waals surface area contributed by atoms with E-state index in [0.717, 1.165) is 17.9 Å². The Kier molecular flexibility index (Phi) is 9.01. The first-order chi connectivity index (χ1) is 10.7. The van der Waals surface area contributed by atoms with Crippen molar-refractivity contribution in [3.8, 4) is 5.75 Å². The fourth-order valence-electron chi connectivity index (χ4n) is 2.27. The standard InChI is InChI=1S/C17H21N3OS.HI/c1-21-14-8-6-13(7-9-14)15(10-12-20-17(18)22-2)16-5-3-4-11-19-16;/h3-9,11,15H,10,12H2,1-2H3,(H2,18,20);1H. The molecule has 1 unspecified atom stereocenters. The summed E-state index contributed by atoms with van der Waals surface area (Å²) >= 11 is 1.47. The minimum Gasteiger partial charge on any atom is -0.497 e. The number of hydrogen-bond acceptors (Lipinski definition) is 4. The van der Waals surface area contributed by atoms with Crippen molar-refractivity contribution in [2.75, 3.05) is 19.9 Å². The molecule has 0 radical (unpaired) electrons. The maximum atomic E-state index is 5.76. The van der Waals surface area contributed by atoms with E-state index in [1.807, 2.05) is 36.7 Å². The first kappa shape index (κ1) is 19.8. The van der Waals surface area contributed by atoms with E-state index < -0.39 is 0 Å². The molecule has 23 heavy (non-hydrogen) atoms. The Labute approximate surface area is 159 Å². The van der Waals surface area contributed by atoms with Gasteiger partial charge in [-0.25, -0.2) is 0 Å². The zero-order valence-electron chi connectivity index (χ0n) is 13.3. The minimum absolute atomic E-state index is 0. The van der Waals surface area contributed by atoms with Crippen molar-refractivity contribution in [3.63, 3.8) is 0 Å². The van der Waals surface area contributed by atoms with Crippen LogP contribution in [0.25, 0.3) is 0 Å². The number of pyridine rings is 1. The second-order valence-electron chi connectivity index (χ2n) is 4.79. The molecule has 1 aromatic carbocycles. The maximum Gasteiger partial charge on any atom is 0.153 e. The molecule has 1 atom stereocenters. The van der Waals surface area contributed by atoms with Gasteiger partial charge in [0.25, 0.3) is 0 Å². The Morgan fingerprint density at radius 2 is 2.00 bits per heavy atom. The topological polar surface area (TPSA) is 60.5 Å². The van der Waals surface area contributed by atoms with Crippen LogP contribution < -0.4 is 10.5 Å². The summed E-state index contributed by atoms with van der Waals surface area (Å²) in [4.78, 5) is 8.87. The first-order valence-electron chi connectivity index (χ1n) is 7.13. The summed E-state index contributed by atoms with van der Waals surface area (Å²) in [6.07, 6.45) is 4.62. The van der Waals surface area contributed by atoms with Crippen LogP contribution in [0.4, 0.5) is 0 Å². The highest BCUT2D eigenvalue weighted by Gasteiger charge is 2.15. The molecule has 124 valence electrons. The molecular formula is C17H22IN3OS. The largest absolute Gasteiger partial charge is 0.497 e. The van der Waals surface area contributed by atoms with Crippen molar-refractivity contribution < 1.29 is 4.74 Å². The lowest BCUT2D eigenvalue weighted by atomic mass is 9.92. The van der Waals surface area contributed by atoms with Crippen molar-refractivity contribution in [3.05, 3.63) is 59.9 Å². The van der Waals surface area contributed by atoms with Gasteiger partial charge in [0.15, 0.2) is 5.17 Å². The molecule has 0 aliphatic heterocycles. The number of benzene rings is 1. The summed E-state index contributed by atoms with van der Waals surface area (Å²) in [6.45, 7) is 0.680. The van der Waals surface area contributed by atoms with Crippen LogP contribution in [0.15, 0.2) is 53.7 Å². The number of hydrogen-bond donors (Lipinski definition) is 1. The molecular weight excluding hydrogens is 421 g/mol. The summed E-state index contributed by atoms with van der Waals surface area (Å²) < 4.78 is 5.23. The van der Waals surface area contributed by atoms with Crippen LogP contribution in [0.1, 0.15) is 23.6 Å². The molecule has 0 spiro atoms. The predicted molar refractivity (Wildman–Crippen MR) is 109 cm³/mol. The molecule has 0 fully saturated rings. The predicted octanol–water partition coefficient (Wildman–Crippen LogP) is 3.91. The first-order valence-corrected chi connectivity index (χ1v) is 8.36. The van der Waals surface area contributed by atoms with Crippen molar-refractivity contribution in [2.24, 2.45) is 10.7 Å². The molecule has 2 aromatic rings. The van der Waals surface area contributed by atoms with Gasteiger partial charge in [0, 0.05) is 24.4 Å². The Hall–Kier alpha value is -1.28. The molecule has 0 saturated heterocycles. The number of nitrogens with two attached hydrogens (primary N) is 1. The number of aliphatic imine (C=N–C) groups is 1. The summed E-state index contributed by atoms with van der Waals surface area (Å²) in [5, 5.41) is 0.620. The average molecular weight is 443 g/mol. The highest BCUT2D eigenvalue weighted by molar-refractivity contribution is 14.0. The lowest BCUT2D eigenvalue weighted by molar-refractivity contribution is 0.414. The number of amidine groups is 1. The minimum atomic E-state index is 0. The number of ether oxygens (including phenoxy) is 1. The number of nitrogens with zero attached hydrogens (tertiary/aromatic N) is 2. The number of rotatable bonds is 6. The summed E-state index contributed by atoms with van der Waals surface area (Å²) in [5.41, 5.74) is 8.01. The normalized spacial score (nSPS) is 12.3. The Bertz CT molecular complexity index is 605. The fraction of sp³-hybridized carbons (Fsp3) is 0.294. The molecule has 4 nitrogen and oxygen atoms in total. The van der Waals surface area contributed by atoms with Gasteiger partial charge in [-0.3, -0.25) is 9.98 Å². The van der Waals surface area contributed by atoms with E-state index in [0.29, 0.717) is 11.7 Å². The second-order valence-corrected chi connectivity index (χ2v) is 5.62. The van der Waals surface area contributed by atoms with Gasteiger partial charge < -0.3 is 10.5 Å². The van der Waals surface area contributed by atoms with Crippen molar-refractivity contribution in [1.29, 1.82) is 0 Å². The van der Waals surface area contributed by atoms with Crippen LogP contribution in [-0.2, 0) is 0 Å². The molecule has 2 rings (SSSR count). The maximum absolute atomic E-state index is 5.76. The highest BCUT2D eigenvalue weighted by Crippen LogP contribution is 2.28. The highest BCUT2D eigenvalue weighted by atomic mass is 127. The van der Waals surface area contributed by atoms with Gasteiger partial charge >= 0.3 is 0 Å². The van der Waals surface area contributed by atoms with Crippen molar-refractivity contribution in [2.45, 2.75) is 12.3 Å². The van der Waals surface area contributed by atoms with Crippen molar-refractivity contribution >= 4 is 40.9 Å². The quantitative estimate of drug-likeness (QED) is 0.418. The van der Waals surface area contributed by atoms with Crippen LogP contribution in [0, 0.1) is 0 Å². The molecule has 0 bridgehead atoms. The third kappa shape index (κ3) is 6.02. The molecule has 0 aliphatic rings. The Morgan fingerprint density at radius 1 is 1.26 bits per heavy atom. The average Bonchev–Trinajstić information content (AvgIpc) is 2.59. The number of halogens is 1. The molecule has 0 aliphatic carbocycles. The van der Waals surface area contributed by atoms with Crippen LogP contribution in [0.3, 0.4) is 0 Å². The van der Waals surface area contributed by atoms with Crippen LogP contribution in [0.2, 0.25) is 0 Å². The Balaban J connectivity index is 0.00000264. The molecule has 6 heteroatoms. The molecule has 0 amide bonds. The molecule has 1 aromatic heterocycles. The van der Waals surface area contributed by atoms with E-state index in [1.54, 1.807) is 7.11 Å². The van der Waals surface area contributed by atoms with E-state index in [9.17, 15) is 0 Å². The van der Waals surface area contributed by atoms with Crippen LogP contribution in [0.5, 0.6) is 5.75 Å². The summed E-state index contributed by atoms with van der Waals surface area (Å²) in [6, 6.07) is 14.1. The lowest BCUT2D eigenvalue weighted by Gasteiger charge is -2.16. The van der Waals surface area contributed by atoms with Gasteiger partial charge in [-0.05, 0) is 42.5 Å². The third-order valence-electron chi connectivity index (χ3n) is 3.46. The lowest BCUT2D eigenvalue weighted by Crippen LogP contribution is -2.09. The van der Waals surface area contributed by atoms with Gasteiger partial charge in [0.1, 0.15) is 5.75 Å². The SMILES string of the molecule is COc1ccc(C(CCN=C(N)SC)c2ccccn2)cc1.I. The molecule has 2 N–H and O–H groups in total. The van der Waals surface area contributed by atoms with Gasteiger partial charge in [-0.2, -0.15) is 0 Å². The number of thioether (sulfide) groups is 1. The van der Waals surface area contributed by atoms with E-state index >= 15 is 0 Å². The van der Waals surface area contributed by atoms with Crippen LogP contribution >= 0.6 is 35.7 Å². The Morgan fingerprint density at radius 3 is 2.57 bits per heavy atom. The van der Waals surface area contributed by atoms with Gasteiger partial charge in [-0.15, -0.1) is 24.0 Å². The third-order valence-corrected chi connectivity index (χ3v) is 4.00. The number of methoxy groups -OCH3 is 1. The van der Waals surface area contributed by atoms with Gasteiger partial charge in [0.2, 0.25) is 0 Å². The van der Waals surface area contributed by atoms with E-state index in [-0.39, 0.29) is 29.9 Å². The van der Waals surface area contributed by atoms with Gasteiger partial charge in [-0.1, -0.05) is 30.0 Å². The van der Waals surface area contributed by atoms with E-state index in [1.165, 1.54) is 17.3 Å². The van der Waals surface area contributed by atoms with E-state index in [4.69, 9.17) is 10.5 Å². The zero-order valence-corrected chi connectivity index (χ0v) is 16.5.